The van der Waals surface area contributed by atoms with Gasteiger partial charge in [0.2, 0.25) is 0 Å². The predicted octanol–water partition coefficient (Wildman–Crippen LogP) is 7.82. The summed E-state index contributed by atoms with van der Waals surface area (Å²) in [5, 5.41) is 12.3. The zero-order valence-electron chi connectivity index (χ0n) is 22.1. The fraction of sp³-hybridized carbons (Fsp3) is 0.258. The van der Waals surface area contributed by atoms with Crippen LogP contribution in [0.1, 0.15) is 65.4 Å². The number of alkyl halides is 3. The molecule has 0 unspecified atom stereocenters. The number of carboxylic acid groups (broad SMARTS) is 1. The highest BCUT2D eigenvalue weighted by Crippen LogP contribution is 2.42. The molecule has 41 heavy (non-hydrogen) atoms. The molecule has 0 radical (unpaired) electrons. The molecule has 0 bridgehead atoms. The van der Waals surface area contributed by atoms with Crippen molar-refractivity contribution in [2.75, 3.05) is 6.54 Å². The monoisotopic (exact) mass is 584 g/mol. The van der Waals surface area contributed by atoms with E-state index in [1.807, 2.05) is 6.92 Å². The molecule has 4 rings (SSSR count). The Balaban J connectivity index is 1.74. The fourth-order valence-electron chi connectivity index (χ4n) is 4.63. The number of carboxylic acids is 1. The van der Waals surface area contributed by atoms with Gasteiger partial charge in [0, 0.05) is 34.5 Å². The smallest absolute Gasteiger partial charge is 0.433 e. The molecule has 0 saturated carbocycles. The van der Waals surface area contributed by atoms with Gasteiger partial charge in [0.05, 0.1) is 11.9 Å². The Bertz CT molecular complexity index is 1510. The molecular formula is C31H28ClF3N2O4. The summed E-state index contributed by atoms with van der Waals surface area (Å²) in [5.74, 6) is -1.66. The van der Waals surface area contributed by atoms with Gasteiger partial charge in [-0.25, -0.2) is 4.98 Å². The van der Waals surface area contributed by atoms with Gasteiger partial charge < -0.3 is 15.2 Å². The van der Waals surface area contributed by atoms with Gasteiger partial charge in [0.15, 0.2) is 0 Å². The molecule has 4 aromatic rings. The molecule has 0 aliphatic heterocycles. The lowest BCUT2D eigenvalue weighted by molar-refractivity contribution is -0.141. The number of aromatic nitrogens is 1. The van der Waals surface area contributed by atoms with E-state index < -0.39 is 29.9 Å². The zero-order chi connectivity index (χ0) is 29.6. The lowest BCUT2D eigenvalue weighted by Crippen LogP contribution is -2.26. The molecule has 1 heterocycles. The molecule has 0 spiro atoms. The van der Waals surface area contributed by atoms with E-state index in [0.717, 1.165) is 23.6 Å². The highest BCUT2D eigenvalue weighted by molar-refractivity contribution is 6.30. The highest BCUT2D eigenvalue weighted by Gasteiger charge is 2.35. The van der Waals surface area contributed by atoms with E-state index in [0.29, 0.717) is 22.4 Å². The van der Waals surface area contributed by atoms with Crippen LogP contribution in [0.4, 0.5) is 13.2 Å². The van der Waals surface area contributed by atoms with E-state index in [4.69, 9.17) is 21.4 Å². The Morgan fingerprint density at radius 2 is 1.66 bits per heavy atom. The van der Waals surface area contributed by atoms with Crippen LogP contribution in [0.5, 0.6) is 5.75 Å². The van der Waals surface area contributed by atoms with Gasteiger partial charge in [-0.2, -0.15) is 13.2 Å². The number of nitrogens with zero attached hydrogens (tertiary/aromatic N) is 1. The largest absolute Gasteiger partial charge is 0.484 e. The number of hydrogen-bond acceptors (Lipinski definition) is 4. The van der Waals surface area contributed by atoms with Crippen molar-refractivity contribution in [3.63, 3.8) is 0 Å². The van der Waals surface area contributed by atoms with E-state index in [-0.39, 0.29) is 30.1 Å². The van der Waals surface area contributed by atoms with Gasteiger partial charge in [0.25, 0.3) is 5.91 Å². The van der Waals surface area contributed by atoms with Crippen LogP contribution in [0.2, 0.25) is 5.02 Å². The average Bonchev–Trinajstić information content (AvgIpc) is 2.94. The normalized spacial score (nSPS) is 13.0. The standard InChI is InChI=1S/C31H28ClF3N2O4/c1-2-5-23(19-8-10-21(11-9-19)30(40)36-17-16-28(38)39)29(20-12-14-22(32)15-13-20)41-26-18-27(31(33,34)35)37-25-7-4-3-6-24(25)26/h3-4,6-15,18,23,29H,2,5,16-17H2,1H3,(H,36,40)(H,38,39)/t23-,29+/m1/s1. The third-order valence-corrected chi connectivity index (χ3v) is 6.86. The summed E-state index contributed by atoms with van der Waals surface area (Å²) in [7, 11) is 0. The van der Waals surface area contributed by atoms with Crippen LogP contribution in [0.25, 0.3) is 10.9 Å². The summed E-state index contributed by atoms with van der Waals surface area (Å²) in [5.41, 5.74) is 1.01. The maximum absolute atomic E-state index is 13.8. The Hall–Kier alpha value is -4.11. The molecule has 1 aromatic heterocycles. The first-order valence-corrected chi connectivity index (χ1v) is 13.4. The van der Waals surface area contributed by atoms with Crippen molar-refractivity contribution in [2.45, 2.75) is 44.4 Å². The second kappa shape index (κ2) is 13.0. The van der Waals surface area contributed by atoms with E-state index in [9.17, 15) is 22.8 Å². The molecule has 0 aliphatic carbocycles. The number of aliphatic carboxylic acids is 1. The average molecular weight is 585 g/mol. The zero-order valence-corrected chi connectivity index (χ0v) is 22.9. The van der Waals surface area contributed by atoms with Crippen molar-refractivity contribution in [1.82, 2.24) is 10.3 Å². The summed E-state index contributed by atoms with van der Waals surface area (Å²) >= 11 is 6.14. The summed E-state index contributed by atoms with van der Waals surface area (Å²) in [4.78, 5) is 27.0. The Labute approximate surface area is 240 Å². The molecule has 0 fully saturated rings. The molecular weight excluding hydrogens is 557 g/mol. The van der Waals surface area contributed by atoms with Crippen molar-refractivity contribution in [3.8, 4) is 5.75 Å². The minimum Gasteiger partial charge on any atom is -0.484 e. The van der Waals surface area contributed by atoms with Crippen molar-refractivity contribution < 1.29 is 32.6 Å². The minimum atomic E-state index is -4.67. The van der Waals surface area contributed by atoms with Crippen LogP contribution < -0.4 is 10.1 Å². The number of carbonyl (C=O) groups is 2. The first kappa shape index (κ1) is 29.9. The lowest BCUT2D eigenvalue weighted by Gasteiger charge is -2.30. The number of carbonyl (C=O) groups excluding carboxylic acids is 1. The van der Waals surface area contributed by atoms with Gasteiger partial charge >= 0.3 is 12.1 Å². The molecule has 0 aliphatic rings. The number of halogens is 4. The summed E-state index contributed by atoms with van der Waals surface area (Å²) in [6.07, 6.45) is -4.17. The van der Waals surface area contributed by atoms with E-state index in [1.54, 1.807) is 66.7 Å². The second-order valence-electron chi connectivity index (χ2n) is 9.53. The fourth-order valence-corrected chi connectivity index (χ4v) is 4.75. The topological polar surface area (TPSA) is 88.5 Å². The van der Waals surface area contributed by atoms with E-state index in [2.05, 4.69) is 10.3 Å². The minimum absolute atomic E-state index is 0.000656. The number of ether oxygens (including phenoxy) is 1. The number of nitrogens with one attached hydrogen (secondary N) is 1. The van der Waals surface area contributed by atoms with Crippen molar-refractivity contribution in [2.24, 2.45) is 0 Å². The second-order valence-corrected chi connectivity index (χ2v) is 9.96. The van der Waals surface area contributed by atoms with E-state index in [1.165, 1.54) is 6.07 Å². The number of hydrogen-bond donors (Lipinski definition) is 2. The summed E-state index contributed by atoms with van der Waals surface area (Å²) in [6.45, 7) is 2.00. The van der Waals surface area contributed by atoms with Gasteiger partial charge in [-0.1, -0.05) is 61.3 Å². The van der Waals surface area contributed by atoms with Crippen LogP contribution in [-0.4, -0.2) is 28.5 Å². The third-order valence-electron chi connectivity index (χ3n) is 6.61. The molecule has 214 valence electrons. The van der Waals surface area contributed by atoms with Crippen molar-refractivity contribution in [3.05, 3.63) is 106 Å². The number of amides is 1. The first-order chi connectivity index (χ1) is 19.6. The summed E-state index contributed by atoms with van der Waals surface area (Å²) < 4.78 is 47.8. The SMILES string of the molecule is CCC[C@H](c1ccc(C(=O)NCCC(=O)O)cc1)[C@@H](Oc1cc(C(F)(F)F)nc2ccccc12)c1ccc(Cl)cc1. The molecule has 0 saturated heterocycles. The van der Waals surface area contributed by atoms with Crippen molar-refractivity contribution >= 4 is 34.4 Å². The Kier molecular flexibility index (Phi) is 9.50. The number of rotatable bonds is 11. The van der Waals surface area contributed by atoms with Gasteiger partial charge in [0.1, 0.15) is 17.5 Å². The van der Waals surface area contributed by atoms with Gasteiger partial charge in [-0.15, -0.1) is 0 Å². The number of fused-ring (bicyclic) bond motifs is 1. The van der Waals surface area contributed by atoms with Crippen LogP contribution >= 0.6 is 11.6 Å². The molecule has 10 heteroatoms. The van der Waals surface area contributed by atoms with Crippen LogP contribution in [0.3, 0.4) is 0 Å². The molecule has 3 aromatic carbocycles. The summed E-state index contributed by atoms with van der Waals surface area (Å²) in [6, 6.07) is 21.3. The third kappa shape index (κ3) is 7.55. The Morgan fingerprint density at radius 3 is 2.29 bits per heavy atom. The maximum atomic E-state index is 13.8. The van der Waals surface area contributed by atoms with Gasteiger partial charge in [-0.3, -0.25) is 9.59 Å². The number of benzene rings is 3. The quantitative estimate of drug-likeness (QED) is 0.188. The number of para-hydroxylation sites is 1. The molecule has 2 N–H and O–H groups in total. The van der Waals surface area contributed by atoms with Crippen LogP contribution in [0, 0.1) is 0 Å². The first-order valence-electron chi connectivity index (χ1n) is 13.1. The van der Waals surface area contributed by atoms with Crippen LogP contribution in [-0.2, 0) is 11.0 Å². The van der Waals surface area contributed by atoms with E-state index >= 15 is 0 Å². The molecule has 2 atom stereocenters. The molecule has 6 nitrogen and oxygen atoms in total. The molecule has 1 amide bonds. The maximum Gasteiger partial charge on any atom is 0.433 e. The van der Waals surface area contributed by atoms with Gasteiger partial charge in [-0.05, 0) is 53.9 Å². The Morgan fingerprint density at radius 1 is 1.00 bits per heavy atom. The van der Waals surface area contributed by atoms with Crippen LogP contribution in [0.15, 0.2) is 78.9 Å². The highest BCUT2D eigenvalue weighted by atomic mass is 35.5. The lowest BCUT2D eigenvalue weighted by atomic mass is 9.85. The van der Waals surface area contributed by atoms with Crippen molar-refractivity contribution in [1.29, 1.82) is 0 Å². The predicted molar refractivity (Wildman–Crippen MR) is 150 cm³/mol. The number of pyridine rings is 1.